The number of hydrogen-bond donors (Lipinski definition) is 2. The largest absolute Gasteiger partial charge is 0.496 e. The summed E-state index contributed by atoms with van der Waals surface area (Å²) in [6.07, 6.45) is -2.08. The van der Waals surface area contributed by atoms with Crippen LogP contribution in [-0.2, 0) is 6.54 Å². The van der Waals surface area contributed by atoms with Crippen LogP contribution in [0.1, 0.15) is 5.56 Å². The van der Waals surface area contributed by atoms with Crippen molar-refractivity contribution in [1.82, 2.24) is 9.88 Å². The Bertz CT molecular complexity index is 685. The molecule has 0 bridgehead atoms. The lowest BCUT2D eigenvalue weighted by Crippen LogP contribution is -2.21. The SMILES string of the molecule is COc1ccc(CN2C[C@@H](O)[C@H](F)C2)cc1-c1cccc(N)n1. The molecule has 0 amide bonds. The van der Waals surface area contributed by atoms with Gasteiger partial charge in [-0.05, 0) is 29.8 Å². The number of nitrogen functional groups attached to an aromatic ring is 1. The first-order valence-corrected chi connectivity index (χ1v) is 7.51. The van der Waals surface area contributed by atoms with Crippen molar-refractivity contribution in [2.75, 3.05) is 25.9 Å². The van der Waals surface area contributed by atoms with E-state index in [2.05, 4.69) is 4.98 Å². The van der Waals surface area contributed by atoms with E-state index in [0.717, 1.165) is 16.8 Å². The summed E-state index contributed by atoms with van der Waals surface area (Å²) >= 11 is 0. The third kappa shape index (κ3) is 3.43. The summed E-state index contributed by atoms with van der Waals surface area (Å²) in [5.41, 5.74) is 8.34. The van der Waals surface area contributed by atoms with Gasteiger partial charge >= 0.3 is 0 Å². The average Bonchev–Trinajstić information content (AvgIpc) is 2.85. The Labute approximate surface area is 134 Å². The van der Waals surface area contributed by atoms with E-state index in [4.69, 9.17) is 10.5 Å². The van der Waals surface area contributed by atoms with E-state index in [1.54, 1.807) is 13.2 Å². The predicted molar refractivity (Wildman–Crippen MR) is 86.8 cm³/mol. The fourth-order valence-electron chi connectivity index (χ4n) is 2.86. The van der Waals surface area contributed by atoms with Crippen LogP contribution < -0.4 is 10.5 Å². The number of pyridine rings is 1. The van der Waals surface area contributed by atoms with Gasteiger partial charge in [0.15, 0.2) is 0 Å². The van der Waals surface area contributed by atoms with Gasteiger partial charge in [-0.15, -0.1) is 0 Å². The number of likely N-dealkylation sites (tertiary alicyclic amines) is 1. The van der Waals surface area contributed by atoms with E-state index in [0.29, 0.717) is 24.7 Å². The summed E-state index contributed by atoms with van der Waals surface area (Å²) < 4.78 is 18.8. The minimum Gasteiger partial charge on any atom is -0.496 e. The highest BCUT2D eigenvalue weighted by Gasteiger charge is 2.30. The third-order valence-electron chi connectivity index (χ3n) is 4.01. The number of aliphatic hydroxyl groups excluding tert-OH is 1. The topological polar surface area (TPSA) is 71.6 Å². The number of methoxy groups -OCH3 is 1. The summed E-state index contributed by atoms with van der Waals surface area (Å²) in [4.78, 5) is 6.23. The van der Waals surface area contributed by atoms with Gasteiger partial charge in [-0.25, -0.2) is 9.37 Å². The van der Waals surface area contributed by atoms with Crippen molar-refractivity contribution >= 4 is 5.82 Å². The Morgan fingerprint density at radius 2 is 2.17 bits per heavy atom. The molecule has 2 aromatic rings. The molecule has 5 nitrogen and oxygen atoms in total. The lowest BCUT2D eigenvalue weighted by Gasteiger charge is -2.16. The minimum atomic E-state index is -1.18. The number of alkyl halides is 1. The molecule has 0 spiro atoms. The van der Waals surface area contributed by atoms with E-state index in [9.17, 15) is 9.50 Å². The Hall–Kier alpha value is -2.18. The van der Waals surface area contributed by atoms with Crippen molar-refractivity contribution in [2.45, 2.75) is 18.8 Å². The van der Waals surface area contributed by atoms with E-state index in [1.807, 2.05) is 35.2 Å². The van der Waals surface area contributed by atoms with Gasteiger partial charge in [-0.3, -0.25) is 4.90 Å². The maximum atomic E-state index is 13.4. The average molecular weight is 317 g/mol. The van der Waals surface area contributed by atoms with Crippen LogP contribution in [0.4, 0.5) is 10.2 Å². The van der Waals surface area contributed by atoms with Crippen LogP contribution >= 0.6 is 0 Å². The number of nitrogens with two attached hydrogens (primary N) is 1. The van der Waals surface area contributed by atoms with E-state index in [1.165, 1.54) is 0 Å². The van der Waals surface area contributed by atoms with Crippen LogP contribution in [0.15, 0.2) is 36.4 Å². The van der Waals surface area contributed by atoms with Gasteiger partial charge in [-0.1, -0.05) is 12.1 Å². The normalized spacial score (nSPS) is 21.5. The third-order valence-corrected chi connectivity index (χ3v) is 4.01. The molecule has 1 aliphatic rings. The molecule has 0 saturated carbocycles. The standard InChI is InChI=1S/C17H20FN3O2/c1-23-16-6-5-11(8-21-9-13(18)15(22)10-21)7-12(16)14-3-2-4-17(19)20-14/h2-7,13,15,22H,8-10H2,1H3,(H2,19,20)/t13-,15-/m1/s1. The van der Waals surface area contributed by atoms with Gasteiger partial charge in [0.1, 0.15) is 17.7 Å². The number of β-amino-alcohol motifs (C(OH)–C–C–N with tert-alkyl or cyclic N) is 1. The molecule has 1 saturated heterocycles. The summed E-state index contributed by atoms with van der Waals surface area (Å²) in [6.45, 7) is 1.16. The molecule has 0 unspecified atom stereocenters. The predicted octanol–water partition coefficient (Wildman–Crippen LogP) is 1.85. The fraction of sp³-hybridized carbons (Fsp3) is 0.353. The monoisotopic (exact) mass is 317 g/mol. The second kappa shape index (κ2) is 6.52. The Kier molecular flexibility index (Phi) is 4.45. The van der Waals surface area contributed by atoms with Crippen LogP contribution in [0.3, 0.4) is 0 Å². The highest BCUT2D eigenvalue weighted by Crippen LogP contribution is 2.31. The molecular formula is C17H20FN3O2. The molecule has 1 aliphatic heterocycles. The van der Waals surface area contributed by atoms with Crippen molar-refractivity contribution in [3.8, 4) is 17.0 Å². The molecule has 0 aliphatic carbocycles. The number of rotatable bonds is 4. The van der Waals surface area contributed by atoms with E-state index in [-0.39, 0.29) is 6.54 Å². The Balaban J connectivity index is 1.87. The summed E-state index contributed by atoms with van der Waals surface area (Å²) in [7, 11) is 1.61. The van der Waals surface area contributed by atoms with Crippen molar-refractivity contribution < 1.29 is 14.2 Å². The van der Waals surface area contributed by atoms with Crippen LogP contribution in [0, 0.1) is 0 Å². The van der Waals surface area contributed by atoms with Crippen molar-refractivity contribution in [3.05, 3.63) is 42.0 Å². The Morgan fingerprint density at radius 1 is 1.35 bits per heavy atom. The van der Waals surface area contributed by atoms with Crippen molar-refractivity contribution in [1.29, 1.82) is 0 Å². The lowest BCUT2D eigenvalue weighted by atomic mass is 10.1. The molecule has 0 radical (unpaired) electrons. The van der Waals surface area contributed by atoms with Crippen LogP contribution in [-0.4, -0.2) is 47.5 Å². The highest BCUT2D eigenvalue weighted by atomic mass is 19.1. The molecule has 1 aromatic heterocycles. The second-order valence-electron chi connectivity index (χ2n) is 5.76. The molecule has 6 heteroatoms. The first-order chi connectivity index (χ1) is 11.1. The molecule has 2 heterocycles. The summed E-state index contributed by atoms with van der Waals surface area (Å²) in [6, 6.07) is 11.2. The number of aliphatic hydroxyl groups is 1. The number of anilines is 1. The number of benzene rings is 1. The second-order valence-corrected chi connectivity index (χ2v) is 5.76. The smallest absolute Gasteiger partial charge is 0.140 e. The molecule has 3 rings (SSSR count). The minimum absolute atomic E-state index is 0.249. The first-order valence-electron chi connectivity index (χ1n) is 7.51. The maximum Gasteiger partial charge on any atom is 0.140 e. The van der Waals surface area contributed by atoms with Gasteiger partial charge in [-0.2, -0.15) is 0 Å². The number of aromatic nitrogens is 1. The van der Waals surface area contributed by atoms with Gasteiger partial charge < -0.3 is 15.6 Å². The van der Waals surface area contributed by atoms with Crippen LogP contribution in [0.5, 0.6) is 5.75 Å². The first kappa shape index (κ1) is 15.7. The molecule has 122 valence electrons. The molecule has 1 fully saturated rings. The molecule has 1 aromatic carbocycles. The number of hydrogen-bond acceptors (Lipinski definition) is 5. The fourth-order valence-corrected chi connectivity index (χ4v) is 2.86. The number of halogens is 1. The van der Waals surface area contributed by atoms with E-state index >= 15 is 0 Å². The van der Waals surface area contributed by atoms with Crippen molar-refractivity contribution in [3.63, 3.8) is 0 Å². The molecular weight excluding hydrogens is 297 g/mol. The zero-order valence-corrected chi connectivity index (χ0v) is 12.9. The Morgan fingerprint density at radius 3 is 2.83 bits per heavy atom. The van der Waals surface area contributed by atoms with Crippen molar-refractivity contribution in [2.24, 2.45) is 0 Å². The van der Waals surface area contributed by atoms with Gasteiger partial charge in [0.05, 0.1) is 18.9 Å². The zero-order chi connectivity index (χ0) is 16.4. The summed E-state index contributed by atoms with van der Waals surface area (Å²) in [5, 5.41) is 9.53. The molecule has 23 heavy (non-hydrogen) atoms. The van der Waals surface area contributed by atoms with Gasteiger partial charge in [0.25, 0.3) is 0 Å². The number of ether oxygens (including phenoxy) is 1. The quantitative estimate of drug-likeness (QED) is 0.900. The lowest BCUT2D eigenvalue weighted by molar-refractivity contribution is 0.115. The summed E-state index contributed by atoms with van der Waals surface area (Å²) in [5.74, 6) is 1.15. The molecule has 2 atom stereocenters. The van der Waals surface area contributed by atoms with E-state index < -0.39 is 12.3 Å². The van der Waals surface area contributed by atoms with Crippen LogP contribution in [0.25, 0.3) is 11.3 Å². The highest BCUT2D eigenvalue weighted by molar-refractivity contribution is 5.69. The van der Waals surface area contributed by atoms with Crippen LogP contribution in [0.2, 0.25) is 0 Å². The van der Waals surface area contributed by atoms with Gasteiger partial charge in [0, 0.05) is 25.2 Å². The molecule has 3 N–H and O–H groups in total. The maximum absolute atomic E-state index is 13.4. The number of nitrogens with zero attached hydrogens (tertiary/aromatic N) is 2. The van der Waals surface area contributed by atoms with Gasteiger partial charge in [0.2, 0.25) is 0 Å². The zero-order valence-electron chi connectivity index (χ0n) is 12.9.